The maximum absolute atomic E-state index is 12.9. The second kappa shape index (κ2) is 7.77. The van der Waals surface area contributed by atoms with E-state index in [0.29, 0.717) is 13.0 Å². The quantitative estimate of drug-likeness (QED) is 0.877. The van der Waals surface area contributed by atoms with Crippen molar-refractivity contribution in [3.8, 4) is 5.75 Å². The van der Waals surface area contributed by atoms with Crippen LogP contribution in [0.2, 0.25) is 0 Å². The van der Waals surface area contributed by atoms with E-state index < -0.39 is 6.10 Å². The molecule has 1 N–H and O–H groups in total. The molecule has 0 unspecified atom stereocenters. The van der Waals surface area contributed by atoms with Crippen LogP contribution >= 0.6 is 0 Å². The van der Waals surface area contributed by atoms with Crippen molar-refractivity contribution in [2.45, 2.75) is 39.8 Å². The maximum atomic E-state index is 12.9. The number of carbonyl (C=O) groups is 1. The molecular formula is C19H22FNO2. The molecule has 0 saturated heterocycles. The van der Waals surface area contributed by atoms with Gasteiger partial charge in [0.05, 0.1) is 0 Å². The number of rotatable bonds is 6. The highest BCUT2D eigenvalue weighted by molar-refractivity contribution is 5.81. The molecule has 0 aliphatic carbocycles. The van der Waals surface area contributed by atoms with E-state index in [0.717, 1.165) is 22.4 Å². The highest BCUT2D eigenvalue weighted by atomic mass is 19.1. The molecule has 0 aliphatic rings. The Bertz CT molecular complexity index is 668. The van der Waals surface area contributed by atoms with Crippen molar-refractivity contribution in [3.05, 3.63) is 65.0 Å². The van der Waals surface area contributed by atoms with Crippen LogP contribution in [-0.2, 0) is 11.3 Å². The van der Waals surface area contributed by atoms with Crippen molar-refractivity contribution in [2.24, 2.45) is 0 Å². The van der Waals surface area contributed by atoms with E-state index in [2.05, 4.69) is 5.32 Å². The van der Waals surface area contributed by atoms with Gasteiger partial charge in [0.2, 0.25) is 0 Å². The predicted octanol–water partition coefficient (Wildman–Crippen LogP) is 3.92. The number of halogens is 1. The Morgan fingerprint density at radius 1 is 1.17 bits per heavy atom. The molecule has 0 saturated carbocycles. The van der Waals surface area contributed by atoms with Gasteiger partial charge in [0.15, 0.2) is 6.10 Å². The van der Waals surface area contributed by atoms with Crippen molar-refractivity contribution in [1.82, 2.24) is 5.32 Å². The maximum Gasteiger partial charge on any atom is 0.261 e. The molecule has 3 nitrogen and oxygen atoms in total. The van der Waals surface area contributed by atoms with Gasteiger partial charge in [-0.3, -0.25) is 4.79 Å². The molecule has 0 heterocycles. The molecule has 122 valence electrons. The normalized spacial score (nSPS) is 11.8. The Hall–Kier alpha value is -2.36. The third-order valence-electron chi connectivity index (χ3n) is 3.66. The number of benzene rings is 2. The summed E-state index contributed by atoms with van der Waals surface area (Å²) in [4.78, 5) is 12.3. The van der Waals surface area contributed by atoms with E-state index in [9.17, 15) is 9.18 Å². The van der Waals surface area contributed by atoms with Gasteiger partial charge in [0.25, 0.3) is 5.91 Å². The standard InChI is InChI=1S/C19H22FNO2/c1-4-17(23-18-11-13(2)5-6-14(18)3)19(22)21-12-15-7-9-16(20)10-8-15/h5-11,17H,4,12H2,1-3H3,(H,21,22)/t17-/m0/s1. The van der Waals surface area contributed by atoms with E-state index in [4.69, 9.17) is 4.74 Å². The molecule has 0 radical (unpaired) electrons. The van der Waals surface area contributed by atoms with Crippen molar-refractivity contribution in [2.75, 3.05) is 0 Å². The lowest BCUT2D eigenvalue weighted by Crippen LogP contribution is -2.37. The Labute approximate surface area is 136 Å². The summed E-state index contributed by atoms with van der Waals surface area (Å²) < 4.78 is 18.7. The third-order valence-corrected chi connectivity index (χ3v) is 3.66. The van der Waals surface area contributed by atoms with Gasteiger partial charge in [-0.1, -0.05) is 31.2 Å². The van der Waals surface area contributed by atoms with Gasteiger partial charge >= 0.3 is 0 Å². The first-order chi connectivity index (χ1) is 11.0. The van der Waals surface area contributed by atoms with Crippen LogP contribution < -0.4 is 10.1 Å². The first-order valence-electron chi connectivity index (χ1n) is 7.75. The van der Waals surface area contributed by atoms with Crippen molar-refractivity contribution in [1.29, 1.82) is 0 Å². The van der Waals surface area contributed by atoms with E-state index in [1.807, 2.05) is 39.0 Å². The molecule has 0 fully saturated rings. The topological polar surface area (TPSA) is 38.3 Å². The Morgan fingerprint density at radius 2 is 1.87 bits per heavy atom. The Balaban J connectivity index is 1.98. The van der Waals surface area contributed by atoms with E-state index >= 15 is 0 Å². The minimum absolute atomic E-state index is 0.169. The zero-order valence-electron chi connectivity index (χ0n) is 13.7. The smallest absolute Gasteiger partial charge is 0.261 e. The second-order valence-electron chi connectivity index (χ2n) is 5.63. The fourth-order valence-corrected chi connectivity index (χ4v) is 2.22. The van der Waals surface area contributed by atoms with Crippen LogP contribution in [0.3, 0.4) is 0 Å². The number of hydrogen-bond acceptors (Lipinski definition) is 2. The molecule has 0 aromatic heterocycles. The van der Waals surface area contributed by atoms with Gasteiger partial charge in [0, 0.05) is 6.54 Å². The van der Waals surface area contributed by atoms with Gasteiger partial charge in [-0.15, -0.1) is 0 Å². The van der Waals surface area contributed by atoms with Crippen LogP contribution in [0.15, 0.2) is 42.5 Å². The molecule has 2 aromatic carbocycles. The van der Waals surface area contributed by atoms with Gasteiger partial charge in [-0.05, 0) is 55.2 Å². The first kappa shape index (κ1) is 17.0. The van der Waals surface area contributed by atoms with E-state index in [1.165, 1.54) is 12.1 Å². The molecule has 0 bridgehead atoms. The molecule has 0 aliphatic heterocycles. The monoisotopic (exact) mass is 315 g/mol. The fourth-order valence-electron chi connectivity index (χ4n) is 2.22. The number of hydrogen-bond donors (Lipinski definition) is 1. The minimum Gasteiger partial charge on any atom is -0.480 e. The van der Waals surface area contributed by atoms with Crippen LogP contribution in [0.25, 0.3) is 0 Å². The summed E-state index contributed by atoms with van der Waals surface area (Å²) in [5, 5.41) is 2.84. The number of nitrogens with one attached hydrogen (secondary N) is 1. The van der Waals surface area contributed by atoms with Crippen LogP contribution in [0.1, 0.15) is 30.0 Å². The molecule has 23 heavy (non-hydrogen) atoms. The van der Waals surface area contributed by atoms with Crippen LogP contribution in [0.4, 0.5) is 4.39 Å². The van der Waals surface area contributed by atoms with Gasteiger partial charge in [-0.25, -0.2) is 4.39 Å². The summed E-state index contributed by atoms with van der Waals surface area (Å²) in [6, 6.07) is 12.0. The molecule has 2 aromatic rings. The van der Waals surface area contributed by atoms with E-state index in [1.54, 1.807) is 12.1 Å². The molecule has 1 atom stereocenters. The summed E-state index contributed by atoms with van der Waals surface area (Å²) >= 11 is 0. The van der Waals surface area contributed by atoms with Crippen LogP contribution in [0.5, 0.6) is 5.75 Å². The summed E-state index contributed by atoms with van der Waals surface area (Å²) in [5.74, 6) is 0.274. The van der Waals surface area contributed by atoms with Gasteiger partial charge in [-0.2, -0.15) is 0 Å². The average Bonchev–Trinajstić information content (AvgIpc) is 2.54. The van der Waals surface area contributed by atoms with Crippen molar-refractivity contribution in [3.63, 3.8) is 0 Å². The fraction of sp³-hybridized carbons (Fsp3) is 0.316. The zero-order chi connectivity index (χ0) is 16.8. The van der Waals surface area contributed by atoms with Crippen molar-refractivity contribution < 1.29 is 13.9 Å². The van der Waals surface area contributed by atoms with Gasteiger partial charge in [0.1, 0.15) is 11.6 Å². The second-order valence-corrected chi connectivity index (χ2v) is 5.63. The molecule has 4 heteroatoms. The summed E-state index contributed by atoms with van der Waals surface area (Å²) in [7, 11) is 0. The van der Waals surface area contributed by atoms with Crippen molar-refractivity contribution >= 4 is 5.91 Å². The number of aryl methyl sites for hydroxylation is 2. The molecule has 1 amide bonds. The first-order valence-corrected chi connectivity index (χ1v) is 7.75. The van der Waals surface area contributed by atoms with Gasteiger partial charge < -0.3 is 10.1 Å². The highest BCUT2D eigenvalue weighted by Crippen LogP contribution is 2.21. The lowest BCUT2D eigenvalue weighted by molar-refractivity contribution is -0.128. The molecule has 0 spiro atoms. The average molecular weight is 315 g/mol. The number of carbonyl (C=O) groups excluding carboxylic acids is 1. The minimum atomic E-state index is -0.545. The summed E-state index contributed by atoms with van der Waals surface area (Å²) in [5.41, 5.74) is 2.94. The Morgan fingerprint density at radius 3 is 2.52 bits per heavy atom. The number of ether oxygens (including phenoxy) is 1. The zero-order valence-corrected chi connectivity index (χ0v) is 13.7. The van der Waals surface area contributed by atoms with Crippen LogP contribution in [0, 0.1) is 19.7 Å². The largest absolute Gasteiger partial charge is 0.480 e. The number of amides is 1. The predicted molar refractivity (Wildman–Crippen MR) is 88.9 cm³/mol. The highest BCUT2D eigenvalue weighted by Gasteiger charge is 2.18. The molecular weight excluding hydrogens is 293 g/mol. The SMILES string of the molecule is CC[C@H](Oc1cc(C)ccc1C)C(=O)NCc1ccc(F)cc1. The lowest BCUT2D eigenvalue weighted by atomic mass is 10.1. The van der Waals surface area contributed by atoms with Crippen LogP contribution in [-0.4, -0.2) is 12.0 Å². The third kappa shape index (κ3) is 4.81. The molecule has 2 rings (SSSR count). The summed E-state index contributed by atoms with van der Waals surface area (Å²) in [6.07, 6.45) is 0.0266. The lowest BCUT2D eigenvalue weighted by Gasteiger charge is -2.19. The Kier molecular flexibility index (Phi) is 5.74. The van der Waals surface area contributed by atoms with E-state index in [-0.39, 0.29) is 11.7 Å². The summed E-state index contributed by atoms with van der Waals surface area (Å²) in [6.45, 7) is 6.21.